The number of ether oxygens (including phenoxy) is 1. The first-order valence-electron chi connectivity index (χ1n) is 4.99. The Kier molecular flexibility index (Phi) is 4.94. The molecule has 0 bridgehead atoms. The third kappa shape index (κ3) is 3.68. The van der Waals surface area contributed by atoms with Crippen molar-refractivity contribution in [3.63, 3.8) is 0 Å². The zero-order valence-electron chi connectivity index (χ0n) is 9.61. The molecule has 106 valence electrons. The number of halogens is 4. The Morgan fingerprint density at radius 2 is 1.95 bits per heavy atom. The van der Waals surface area contributed by atoms with Gasteiger partial charge in [0.1, 0.15) is 6.10 Å². The maximum atomic E-state index is 12.5. The van der Waals surface area contributed by atoms with E-state index < -0.39 is 29.9 Å². The average molecular weight is 343 g/mol. The largest absolute Gasteiger partial charge is 0.467 e. The minimum Gasteiger partial charge on any atom is -0.467 e. The Labute approximate surface area is 114 Å². The maximum Gasteiger partial charge on any atom is 0.416 e. The summed E-state index contributed by atoms with van der Waals surface area (Å²) in [6.45, 7) is 0. The molecule has 2 atom stereocenters. The van der Waals surface area contributed by atoms with Crippen molar-refractivity contribution in [3.8, 4) is 0 Å². The molecule has 0 fully saturated rings. The van der Waals surface area contributed by atoms with Crippen molar-refractivity contribution in [2.75, 3.05) is 7.11 Å². The van der Waals surface area contributed by atoms with Crippen LogP contribution in [0.1, 0.15) is 17.2 Å². The van der Waals surface area contributed by atoms with Gasteiger partial charge in [0.25, 0.3) is 0 Å². The highest BCUT2D eigenvalue weighted by Crippen LogP contribution is 2.34. The Bertz CT molecular complexity index is 475. The Hall–Kier alpha value is -1.12. The summed E-state index contributed by atoms with van der Waals surface area (Å²) in [5.74, 6) is -1.14. The fraction of sp³-hybridized carbons (Fsp3) is 0.364. The predicted molar refractivity (Wildman–Crippen MR) is 62.1 cm³/mol. The minimum absolute atomic E-state index is 0.135. The number of alkyl halides is 3. The van der Waals surface area contributed by atoms with E-state index in [1.54, 1.807) is 0 Å². The molecule has 0 radical (unpaired) electrons. The molecule has 0 saturated heterocycles. The second-order valence-electron chi connectivity index (χ2n) is 3.65. The van der Waals surface area contributed by atoms with Crippen molar-refractivity contribution in [2.24, 2.45) is 0 Å². The zero-order chi connectivity index (χ0) is 14.8. The second kappa shape index (κ2) is 5.89. The molecule has 1 rings (SSSR count). The molecule has 0 aliphatic carbocycles. The van der Waals surface area contributed by atoms with E-state index in [9.17, 15) is 28.2 Å². The molecule has 2 unspecified atom stereocenters. The van der Waals surface area contributed by atoms with E-state index in [0.29, 0.717) is 6.07 Å². The first-order chi connectivity index (χ1) is 8.68. The Balaban J connectivity index is 3.15. The number of hydrogen-bond donors (Lipinski definition) is 2. The van der Waals surface area contributed by atoms with Gasteiger partial charge < -0.3 is 14.9 Å². The average Bonchev–Trinajstić information content (AvgIpc) is 2.35. The minimum atomic E-state index is -4.59. The van der Waals surface area contributed by atoms with E-state index in [0.717, 1.165) is 19.2 Å². The van der Waals surface area contributed by atoms with Crippen LogP contribution in [0.3, 0.4) is 0 Å². The fourth-order valence-electron chi connectivity index (χ4n) is 1.37. The lowest BCUT2D eigenvalue weighted by Crippen LogP contribution is -2.29. The van der Waals surface area contributed by atoms with Gasteiger partial charge in [-0.25, -0.2) is 4.79 Å². The van der Waals surface area contributed by atoms with Crippen LogP contribution in [0.25, 0.3) is 0 Å². The monoisotopic (exact) mass is 342 g/mol. The lowest BCUT2D eigenvalue weighted by atomic mass is 10.0. The Morgan fingerprint density at radius 3 is 2.42 bits per heavy atom. The SMILES string of the molecule is COC(=O)C(O)C(O)c1cc(C(F)(F)F)ccc1Br. The van der Waals surface area contributed by atoms with Crippen LogP contribution < -0.4 is 0 Å². The molecule has 2 N–H and O–H groups in total. The number of benzene rings is 1. The van der Waals surface area contributed by atoms with Crippen LogP contribution >= 0.6 is 15.9 Å². The van der Waals surface area contributed by atoms with E-state index in [2.05, 4.69) is 20.7 Å². The summed E-state index contributed by atoms with van der Waals surface area (Å²) in [4.78, 5) is 11.0. The van der Waals surface area contributed by atoms with Crippen LogP contribution in [0, 0.1) is 0 Å². The highest BCUT2D eigenvalue weighted by Gasteiger charge is 2.34. The lowest BCUT2D eigenvalue weighted by molar-refractivity contribution is -0.156. The van der Waals surface area contributed by atoms with Gasteiger partial charge in [-0.15, -0.1) is 0 Å². The molecule has 0 amide bonds. The van der Waals surface area contributed by atoms with Crippen LogP contribution in [0.5, 0.6) is 0 Å². The molecular formula is C11H10BrF3O4. The zero-order valence-corrected chi connectivity index (χ0v) is 11.2. The maximum absolute atomic E-state index is 12.5. The molecule has 0 aliphatic heterocycles. The van der Waals surface area contributed by atoms with Gasteiger partial charge >= 0.3 is 12.1 Å². The number of methoxy groups -OCH3 is 1. The molecular weight excluding hydrogens is 333 g/mol. The third-order valence-corrected chi connectivity index (χ3v) is 3.11. The molecule has 0 aliphatic rings. The quantitative estimate of drug-likeness (QED) is 0.825. The van der Waals surface area contributed by atoms with Gasteiger partial charge in [-0.05, 0) is 23.8 Å². The van der Waals surface area contributed by atoms with Gasteiger partial charge in [0.2, 0.25) is 0 Å². The number of carbonyl (C=O) groups excluding carboxylic acids is 1. The first-order valence-corrected chi connectivity index (χ1v) is 5.78. The van der Waals surface area contributed by atoms with Gasteiger partial charge in [-0.2, -0.15) is 13.2 Å². The number of rotatable bonds is 3. The molecule has 8 heteroatoms. The van der Waals surface area contributed by atoms with Gasteiger partial charge in [0.05, 0.1) is 12.7 Å². The fourth-order valence-corrected chi connectivity index (χ4v) is 1.85. The van der Waals surface area contributed by atoms with Crippen LogP contribution in [0.2, 0.25) is 0 Å². The summed E-state index contributed by atoms with van der Waals surface area (Å²) in [5.41, 5.74) is -1.26. The van der Waals surface area contributed by atoms with Crippen molar-refractivity contribution in [2.45, 2.75) is 18.4 Å². The van der Waals surface area contributed by atoms with Crippen LogP contribution in [-0.2, 0) is 15.7 Å². The summed E-state index contributed by atoms with van der Waals surface area (Å²) >= 11 is 2.95. The van der Waals surface area contributed by atoms with Crippen molar-refractivity contribution >= 4 is 21.9 Å². The van der Waals surface area contributed by atoms with E-state index >= 15 is 0 Å². The standard InChI is InChI=1S/C11H10BrF3O4/c1-19-10(18)9(17)8(16)6-4-5(11(13,14)15)2-3-7(6)12/h2-4,8-9,16-17H,1H3. The van der Waals surface area contributed by atoms with Gasteiger partial charge in [-0.3, -0.25) is 0 Å². The molecule has 1 aromatic rings. The van der Waals surface area contributed by atoms with Crippen molar-refractivity contribution in [3.05, 3.63) is 33.8 Å². The molecule has 1 aromatic carbocycles. The van der Waals surface area contributed by atoms with E-state index in [1.165, 1.54) is 0 Å². The molecule has 0 heterocycles. The topological polar surface area (TPSA) is 66.8 Å². The molecule has 0 saturated carbocycles. The molecule has 0 spiro atoms. The van der Waals surface area contributed by atoms with E-state index in [1.807, 2.05) is 0 Å². The summed E-state index contributed by atoms with van der Waals surface area (Å²) in [7, 11) is 0.986. The summed E-state index contributed by atoms with van der Waals surface area (Å²) in [6.07, 6.45) is -8.39. The number of aliphatic hydroxyl groups excluding tert-OH is 2. The summed E-state index contributed by atoms with van der Waals surface area (Å²) < 4.78 is 42.0. The number of esters is 1. The smallest absolute Gasteiger partial charge is 0.416 e. The van der Waals surface area contributed by atoms with Crippen LogP contribution in [-0.4, -0.2) is 29.4 Å². The van der Waals surface area contributed by atoms with Gasteiger partial charge in [0.15, 0.2) is 6.10 Å². The molecule has 4 nitrogen and oxygen atoms in total. The van der Waals surface area contributed by atoms with Gasteiger partial charge in [-0.1, -0.05) is 15.9 Å². The highest BCUT2D eigenvalue weighted by molar-refractivity contribution is 9.10. The molecule has 0 aromatic heterocycles. The van der Waals surface area contributed by atoms with Gasteiger partial charge in [0, 0.05) is 4.47 Å². The predicted octanol–water partition coefficient (Wildman–Crippen LogP) is 2.04. The van der Waals surface area contributed by atoms with Crippen LogP contribution in [0.15, 0.2) is 22.7 Å². The van der Waals surface area contributed by atoms with Crippen molar-refractivity contribution in [1.29, 1.82) is 0 Å². The highest BCUT2D eigenvalue weighted by atomic mass is 79.9. The van der Waals surface area contributed by atoms with Crippen LogP contribution in [0.4, 0.5) is 13.2 Å². The third-order valence-electron chi connectivity index (χ3n) is 2.38. The number of hydrogen-bond acceptors (Lipinski definition) is 4. The molecule has 19 heavy (non-hydrogen) atoms. The summed E-state index contributed by atoms with van der Waals surface area (Å²) in [5, 5.41) is 19.1. The van der Waals surface area contributed by atoms with E-state index in [-0.39, 0.29) is 10.0 Å². The van der Waals surface area contributed by atoms with Crippen molar-refractivity contribution < 1.29 is 32.9 Å². The second-order valence-corrected chi connectivity index (χ2v) is 4.50. The van der Waals surface area contributed by atoms with Crippen molar-refractivity contribution in [1.82, 2.24) is 0 Å². The first kappa shape index (κ1) is 15.9. The number of carbonyl (C=O) groups is 1. The Morgan fingerprint density at radius 1 is 1.37 bits per heavy atom. The van der Waals surface area contributed by atoms with E-state index in [4.69, 9.17) is 0 Å². The normalized spacial score (nSPS) is 14.9. The lowest BCUT2D eigenvalue weighted by Gasteiger charge is -2.18. The summed E-state index contributed by atoms with van der Waals surface area (Å²) in [6, 6.07) is 2.54. The number of aliphatic hydroxyl groups is 2.